The predicted molar refractivity (Wildman–Crippen MR) is 75.0 cm³/mol. The summed E-state index contributed by atoms with van der Waals surface area (Å²) in [7, 11) is 1.91. The monoisotopic (exact) mass is 293 g/mol. The number of halogens is 1. The van der Waals surface area contributed by atoms with Crippen molar-refractivity contribution in [1.82, 2.24) is 9.78 Å². The van der Waals surface area contributed by atoms with E-state index < -0.39 is 0 Å². The van der Waals surface area contributed by atoms with Crippen LogP contribution in [0.5, 0.6) is 0 Å². The summed E-state index contributed by atoms with van der Waals surface area (Å²) in [6.07, 6.45) is 0. The molecule has 4 heteroatoms. The molecule has 17 heavy (non-hydrogen) atoms. The van der Waals surface area contributed by atoms with Gasteiger partial charge in [-0.1, -0.05) is 6.07 Å². The smallest absolute Gasteiger partial charge is 0.160 e. The van der Waals surface area contributed by atoms with Gasteiger partial charge < -0.3 is 5.73 Å². The van der Waals surface area contributed by atoms with Gasteiger partial charge in [-0.2, -0.15) is 5.10 Å². The quantitative estimate of drug-likeness (QED) is 0.876. The zero-order valence-corrected chi connectivity index (χ0v) is 12.1. The summed E-state index contributed by atoms with van der Waals surface area (Å²) in [5, 5.41) is 4.23. The number of rotatable bonds is 1. The van der Waals surface area contributed by atoms with E-state index in [9.17, 15) is 0 Å². The molecule has 0 unspecified atom stereocenters. The Balaban J connectivity index is 2.72. The van der Waals surface area contributed by atoms with Crippen LogP contribution in [-0.4, -0.2) is 9.78 Å². The molecule has 0 aliphatic carbocycles. The van der Waals surface area contributed by atoms with Gasteiger partial charge in [-0.15, -0.1) is 0 Å². The number of nitrogens with zero attached hydrogens (tertiary/aromatic N) is 2. The second kappa shape index (κ2) is 4.18. The molecule has 0 aliphatic rings. The molecule has 2 N–H and O–H groups in total. The molecule has 0 radical (unpaired) electrons. The van der Waals surface area contributed by atoms with Crippen molar-refractivity contribution in [2.75, 3.05) is 5.73 Å². The Hall–Kier alpha value is -1.29. The van der Waals surface area contributed by atoms with E-state index in [-0.39, 0.29) is 0 Å². The van der Waals surface area contributed by atoms with Gasteiger partial charge in [0.15, 0.2) is 5.82 Å². The summed E-state index contributed by atoms with van der Waals surface area (Å²) in [6, 6.07) is 4.38. The minimum Gasteiger partial charge on any atom is -0.381 e. The number of hydrogen-bond acceptors (Lipinski definition) is 2. The van der Waals surface area contributed by atoms with Crippen molar-refractivity contribution >= 4 is 21.7 Å². The van der Waals surface area contributed by atoms with E-state index in [2.05, 4.69) is 53.9 Å². The molecule has 0 spiro atoms. The maximum Gasteiger partial charge on any atom is 0.160 e. The Bertz CT molecular complexity index is 585. The number of nitrogens with two attached hydrogens (primary N) is 1. The summed E-state index contributed by atoms with van der Waals surface area (Å²) in [6.45, 7) is 6.35. The minimum atomic E-state index is 0.528. The molecule has 0 atom stereocenters. The second-order valence-corrected chi connectivity index (χ2v) is 5.22. The van der Waals surface area contributed by atoms with Crippen molar-refractivity contribution < 1.29 is 0 Å². The first-order chi connectivity index (χ1) is 7.91. The first kappa shape index (κ1) is 12.2. The fourth-order valence-corrected chi connectivity index (χ4v) is 2.58. The van der Waals surface area contributed by atoms with Crippen molar-refractivity contribution in [3.63, 3.8) is 0 Å². The largest absolute Gasteiger partial charge is 0.381 e. The van der Waals surface area contributed by atoms with Crippen LogP contribution < -0.4 is 5.73 Å². The van der Waals surface area contributed by atoms with Crippen LogP contribution in [0.3, 0.4) is 0 Å². The van der Waals surface area contributed by atoms with Crippen LogP contribution in [0, 0.1) is 20.8 Å². The SMILES string of the molecule is Cc1cc(C)c(-c2c(Br)c(N)nn2C)cc1C. The normalized spacial score (nSPS) is 10.9. The van der Waals surface area contributed by atoms with Gasteiger partial charge in [0, 0.05) is 12.6 Å². The third kappa shape index (κ3) is 1.97. The van der Waals surface area contributed by atoms with Crippen LogP contribution in [-0.2, 0) is 7.05 Å². The lowest BCUT2D eigenvalue weighted by Crippen LogP contribution is -1.97. The molecule has 0 aliphatic heterocycles. The summed E-state index contributed by atoms with van der Waals surface area (Å²) >= 11 is 3.51. The van der Waals surface area contributed by atoms with E-state index in [1.54, 1.807) is 0 Å². The van der Waals surface area contributed by atoms with E-state index in [1.807, 2.05) is 11.7 Å². The summed E-state index contributed by atoms with van der Waals surface area (Å²) in [5.74, 6) is 0.528. The highest BCUT2D eigenvalue weighted by atomic mass is 79.9. The topological polar surface area (TPSA) is 43.8 Å². The molecule has 0 amide bonds. The highest BCUT2D eigenvalue weighted by Crippen LogP contribution is 2.34. The fraction of sp³-hybridized carbons (Fsp3) is 0.308. The Labute approximate surface area is 110 Å². The van der Waals surface area contributed by atoms with Gasteiger partial charge in [0.1, 0.15) is 0 Å². The van der Waals surface area contributed by atoms with E-state index in [1.165, 1.54) is 22.3 Å². The van der Waals surface area contributed by atoms with Gasteiger partial charge in [-0.3, -0.25) is 4.68 Å². The van der Waals surface area contributed by atoms with E-state index in [0.29, 0.717) is 5.82 Å². The summed E-state index contributed by atoms with van der Waals surface area (Å²) < 4.78 is 2.68. The number of aromatic nitrogens is 2. The molecule has 1 aromatic carbocycles. The molecule has 0 fully saturated rings. The molecule has 2 rings (SSSR count). The van der Waals surface area contributed by atoms with Crippen LogP contribution in [0.2, 0.25) is 0 Å². The lowest BCUT2D eigenvalue weighted by Gasteiger charge is -2.10. The van der Waals surface area contributed by atoms with Crippen molar-refractivity contribution in [1.29, 1.82) is 0 Å². The van der Waals surface area contributed by atoms with E-state index in [4.69, 9.17) is 5.73 Å². The number of benzene rings is 1. The zero-order chi connectivity index (χ0) is 12.7. The van der Waals surface area contributed by atoms with Crippen molar-refractivity contribution in [3.05, 3.63) is 33.3 Å². The molecular formula is C13H16BrN3. The zero-order valence-electron chi connectivity index (χ0n) is 10.5. The Morgan fingerprint density at radius 2 is 1.71 bits per heavy atom. The molecule has 1 heterocycles. The molecule has 0 saturated carbocycles. The molecule has 3 nitrogen and oxygen atoms in total. The fourth-order valence-electron chi connectivity index (χ4n) is 2.03. The van der Waals surface area contributed by atoms with Crippen molar-refractivity contribution in [2.45, 2.75) is 20.8 Å². The number of aryl methyl sites for hydroxylation is 4. The molecule has 0 bridgehead atoms. The molecule has 0 saturated heterocycles. The number of nitrogen functional groups attached to an aromatic ring is 1. The third-order valence-electron chi connectivity index (χ3n) is 3.11. The van der Waals surface area contributed by atoms with Gasteiger partial charge in [0.25, 0.3) is 0 Å². The number of anilines is 1. The average Bonchev–Trinajstić information content (AvgIpc) is 2.48. The molecule has 90 valence electrons. The average molecular weight is 294 g/mol. The second-order valence-electron chi connectivity index (χ2n) is 4.42. The highest BCUT2D eigenvalue weighted by molar-refractivity contribution is 9.10. The van der Waals surface area contributed by atoms with E-state index >= 15 is 0 Å². The lowest BCUT2D eigenvalue weighted by molar-refractivity contribution is 0.779. The maximum atomic E-state index is 5.82. The van der Waals surface area contributed by atoms with Gasteiger partial charge in [-0.25, -0.2) is 0 Å². The summed E-state index contributed by atoms with van der Waals surface area (Å²) in [4.78, 5) is 0. The van der Waals surface area contributed by atoms with Crippen LogP contribution in [0.25, 0.3) is 11.3 Å². The lowest BCUT2D eigenvalue weighted by atomic mass is 9.99. The molecular weight excluding hydrogens is 278 g/mol. The third-order valence-corrected chi connectivity index (χ3v) is 3.89. The van der Waals surface area contributed by atoms with Crippen molar-refractivity contribution in [2.24, 2.45) is 7.05 Å². The van der Waals surface area contributed by atoms with Crippen LogP contribution in [0.15, 0.2) is 16.6 Å². The van der Waals surface area contributed by atoms with Gasteiger partial charge >= 0.3 is 0 Å². The summed E-state index contributed by atoms with van der Waals surface area (Å²) in [5.41, 5.74) is 11.8. The Morgan fingerprint density at radius 3 is 2.24 bits per heavy atom. The molecule has 1 aromatic heterocycles. The molecule has 2 aromatic rings. The minimum absolute atomic E-state index is 0.528. The van der Waals surface area contributed by atoms with E-state index in [0.717, 1.165) is 10.2 Å². The van der Waals surface area contributed by atoms with Gasteiger partial charge in [0.05, 0.1) is 10.2 Å². The van der Waals surface area contributed by atoms with Gasteiger partial charge in [0.2, 0.25) is 0 Å². The predicted octanol–water partition coefficient (Wildman–Crippen LogP) is 3.36. The maximum absolute atomic E-state index is 5.82. The van der Waals surface area contributed by atoms with Crippen LogP contribution in [0.1, 0.15) is 16.7 Å². The Morgan fingerprint density at radius 1 is 1.12 bits per heavy atom. The highest BCUT2D eigenvalue weighted by Gasteiger charge is 2.15. The first-order valence-electron chi connectivity index (χ1n) is 5.48. The van der Waals surface area contributed by atoms with Gasteiger partial charge in [-0.05, 0) is 59.5 Å². The standard InChI is InChI=1S/C13H16BrN3/c1-7-5-9(3)10(6-8(7)2)12-11(14)13(15)16-17(12)4/h5-6H,1-4H3,(H2,15,16). The van der Waals surface area contributed by atoms with Crippen LogP contribution >= 0.6 is 15.9 Å². The number of hydrogen-bond donors (Lipinski definition) is 1. The van der Waals surface area contributed by atoms with Crippen LogP contribution in [0.4, 0.5) is 5.82 Å². The Kier molecular flexibility index (Phi) is 3.00. The first-order valence-corrected chi connectivity index (χ1v) is 6.27. The van der Waals surface area contributed by atoms with Crippen molar-refractivity contribution in [3.8, 4) is 11.3 Å².